The topological polar surface area (TPSA) is 33.7 Å². The molecule has 1 aromatic carbocycles. The quantitative estimate of drug-likeness (QED) is 0.551. The number of likely N-dealkylation sites (tertiary alicyclic amines) is 1. The van der Waals surface area contributed by atoms with Crippen LogP contribution in [0.3, 0.4) is 0 Å². The van der Waals surface area contributed by atoms with Gasteiger partial charge >= 0.3 is 0 Å². The Balaban J connectivity index is 1.48. The third-order valence-corrected chi connectivity index (χ3v) is 7.23. The van der Waals surface area contributed by atoms with E-state index in [-0.39, 0.29) is 5.79 Å². The van der Waals surface area contributed by atoms with E-state index in [1.807, 2.05) is 0 Å². The van der Waals surface area contributed by atoms with Crippen LogP contribution < -0.4 is 5.32 Å². The van der Waals surface area contributed by atoms with E-state index in [1.165, 1.54) is 31.5 Å². The van der Waals surface area contributed by atoms with Crippen molar-refractivity contribution < 1.29 is 9.47 Å². The lowest BCUT2D eigenvalue weighted by molar-refractivity contribution is -0.165. The molecule has 27 heavy (non-hydrogen) atoms. The highest BCUT2D eigenvalue weighted by molar-refractivity contribution is 9.08. The highest BCUT2D eigenvalue weighted by Gasteiger charge is 2.43. The van der Waals surface area contributed by atoms with Crippen molar-refractivity contribution in [2.75, 3.05) is 26.3 Å². The number of halogens is 1. The second-order valence-corrected chi connectivity index (χ2v) is 8.87. The van der Waals surface area contributed by atoms with Gasteiger partial charge in [0.05, 0.1) is 13.2 Å². The Labute approximate surface area is 176 Å². The lowest BCUT2D eigenvalue weighted by Gasteiger charge is -2.34. The first kappa shape index (κ1) is 19.8. The lowest BCUT2D eigenvalue weighted by Crippen LogP contribution is -2.50. The smallest absolute Gasteiger partial charge is 0.168 e. The number of thiocarbonyl (C=S) groups is 1. The maximum Gasteiger partial charge on any atom is 0.168 e. The van der Waals surface area contributed by atoms with Crippen LogP contribution in [0, 0.1) is 0 Å². The molecule has 2 unspecified atom stereocenters. The average Bonchev–Trinajstić information content (AvgIpc) is 3.35. The molecule has 0 aromatic heterocycles. The zero-order valence-corrected chi connectivity index (χ0v) is 18.2. The van der Waals surface area contributed by atoms with E-state index in [4.69, 9.17) is 21.7 Å². The molecule has 0 bridgehead atoms. The molecule has 1 aliphatic carbocycles. The van der Waals surface area contributed by atoms with Gasteiger partial charge in [0.25, 0.3) is 0 Å². The monoisotopic (exact) mass is 452 g/mol. The van der Waals surface area contributed by atoms with E-state index in [0.717, 1.165) is 54.8 Å². The SMILES string of the molecule is S=C(NC1CCC2(CCC1N1CCCC1)OCCO2)c1ccc(CBr)cc1. The van der Waals surface area contributed by atoms with Crippen molar-refractivity contribution in [1.29, 1.82) is 0 Å². The molecule has 148 valence electrons. The van der Waals surface area contributed by atoms with Gasteiger partial charge in [-0.25, -0.2) is 0 Å². The summed E-state index contributed by atoms with van der Waals surface area (Å²) in [5, 5.41) is 4.58. The van der Waals surface area contributed by atoms with E-state index >= 15 is 0 Å². The van der Waals surface area contributed by atoms with Gasteiger partial charge in [-0.1, -0.05) is 52.4 Å². The van der Waals surface area contributed by atoms with Crippen LogP contribution in [-0.4, -0.2) is 54.1 Å². The minimum atomic E-state index is -0.354. The molecular formula is C21H29BrN2O2S. The first-order chi connectivity index (χ1) is 13.2. The number of hydrogen-bond donors (Lipinski definition) is 1. The van der Waals surface area contributed by atoms with Crippen molar-refractivity contribution in [3.05, 3.63) is 35.4 Å². The Morgan fingerprint density at radius 3 is 2.44 bits per heavy atom. The zero-order valence-electron chi connectivity index (χ0n) is 15.8. The molecule has 1 N–H and O–H groups in total. The molecule has 4 nitrogen and oxygen atoms in total. The summed E-state index contributed by atoms with van der Waals surface area (Å²) >= 11 is 9.28. The summed E-state index contributed by atoms with van der Waals surface area (Å²) in [6.45, 7) is 3.85. The maximum atomic E-state index is 6.03. The minimum Gasteiger partial charge on any atom is -0.371 e. The van der Waals surface area contributed by atoms with E-state index in [9.17, 15) is 0 Å². The van der Waals surface area contributed by atoms with E-state index in [0.29, 0.717) is 12.1 Å². The first-order valence-corrected chi connectivity index (χ1v) is 11.7. The second kappa shape index (κ2) is 8.87. The van der Waals surface area contributed by atoms with Gasteiger partial charge in [0.15, 0.2) is 5.79 Å². The van der Waals surface area contributed by atoms with Gasteiger partial charge in [-0.15, -0.1) is 0 Å². The molecule has 4 rings (SSSR count). The summed E-state index contributed by atoms with van der Waals surface area (Å²) in [7, 11) is 0. The van der Waals surface area contributed by atoms with Crippen molar-refractivity contribution in [2.24, 2.45) is 0 Å². The fourth-order valence-electron chi connectivity index (χ4n) is 4.72. The van der Waals surface area contributed by atoms with Gasteiger partial charge < -0.3 is 14.8 Å². The first-order valence-electron chi connectivity index (χ1n) is 10.2. The molecule has 3 aliphatic rings. The van der Waals surface area contributed by atoms with Gasteiger partial charge in [-0.05, 0) is 44.3 Å². The Morgan fingerprint density at radius 2 is 1.78 bits per heavy atom. The summed E-state index contributed by atoms with van der Waals surface area (Å²) in [6.07, 6.45) is 6.67. The van der Waals surface area contributed by atoms with Crippen LogP contribution in [0.15, 0.2) is 24.3 Å². The van der Waals surface area contributed by atoms with E-state index < -0.39 is 0 Å². The number of nitrogens with zero attached hydrogens (tertiary/aromatic N) is 1. The number of rotatable bonds is 4. The fourth-order valence-corrected chi connectivity index (χ4v) is 5.38. The molecule has 3 fully saturated rings. The predicted molar refractivity (Wildman–Crippen MR) is 115 cm³/mol. The molecular weight excluding hydrogens is 424 g/mol. The fraction of sp³-hybridized carbons (Fsp3) is 0.667. The van der Waals surface area contributed by atoms with Crippen molar-refractivity contribution in [1.82, 2.24) is 10.2 Å². The van der Waals surface area contributed by atoms with Gasteiger partial charge in [-0.2, -0.15) is 0 Å². The van der Waals surface area contributed by atoms with Crippen LogP contribution in [-0.2, 0) is 14.8 Å². The highest BCUT2D eigenvalue weighted by Crippen LogP contribution is 2.37. The summed E-state index contributed by atoms with van der Waals surface area (Å²) < 4.78 is 12.1. The van der Waals surface area contributed by atoms with Crippen LogP contribution in [0.2, 0.25) is 0 Å². The summed E-state index contributed by atoms with van der Waals surface area (Å²) in [4.78, 5) is 3.51. The number of alkyl halides is 1. The van der Waals surface area contributed by atoms with Crippen LogP contribution in [0.1, 0.15) is 49.7 Å². The molecule has 1 aromatic rings. The minimum absolute atomic E-state index is 0.346. The Kier molecular flexibility index (Phi) is 6.49. The molecule has 1 spiro atoms. The molecule has 6 heteroatoms. The van der Waals surface area contributed by atoms with Crippen LogP contribution in [0.5, 0.6) is 0 Å². The van der Waals surface area contributed by atoms with E-state index in [1.54, 1.807) is 0 Å². The maximum absolute atomic E-state index is 6.03. The Morgan fingerprint density at radius 1 is 1.11 bits per heavy atom. The highest BCUT2D eigenvalue weighted by atomic mass is 79.9. The number of ether oxygens (including phenoxy) is 2. The van der Waals surface area contributed by atoms with Gasteiger partial charge in [-0.3, -0.25) is 4.90 Å². The van der Waals surface area contributed by atoms with Gasteiger partial charge in [0.1, 0.15) is 4.99 Å². The number of hydrogen-bond acceptors (Lipinski definition) is 4. The van der Waals surface area contributed by atoms with Crippen molar-refractivity contribution >= 4 is 33.1 Å². The third-order valence-electron chi connectivity index (χ3n) is 6.23. The van der Waals surface area contributed by atoms with Crippen LogP contribution in [0.4, 0.5) is 0 Å². The molecule has 2 saturated heterocycles. The van der Waals surface area contributed by atoms with Crippen LogP contribution in [0.25, 0.3) is 0 Å². The standard InChI is InChI=1S/C21H29BrN2O2S/c22-15-16-3-5-17(6-4-16)20(27)23-18-7-9-21(25-13-14-26-21)10-8-19(18)24-11-1-2-12-24/h3-6,18-19H,1-2,7-15H2,(H,23,27). The predicted octanol–water partition coefficient (Wildman–Crippen LogP) is 4.00. The second-order valence-electron chi connectivity index (χ2n) is 7.91. The lowest BCUT2D eigenvalue weighted by atomic mass is 10.0. The molecule has 0 amide bonds. The van der Waals surface area contributed by atoms with Crippen molar-refractivity contribution in [2.45, 2.75) is 61.7 Å². The summed E-state index contributed by atoms with van der Waals surface area (Å²) in [6, 6.07) is 9.37. The number of benzene rings is 1. The third kappa shape index (κ3) is 4.56. The van der Waals surface area contributed by atoms with Crippen molar-refractivity contribution in [3.63, 3.8) is 0 Å². The van der Waals surface area contributed by atoms with Gasteiger partial charge in [0, 0.05) is 35.8 Å². The molecule has 2 atom stereocenters. The van der Waals surface area contributed by atoms with Crippen LogP contribution >= 0.6 is 28.1 Å². The molecule has 0 radical (unpaired) electrons. The van der Waals surface area contributed by atoms with Crippen molar-refractivity contribution in [3.8, 4) is 0 Å². The number of nitrogens with one attached hydrogen (secondary N) is 1. The largest absolute Gasteiger partial charge is 0.371 e. The normalized spacial score (nSPS) is 28.3. The molecule has 2 aliphatic heterocycles. The van der Waals surface area contributed by atoms with Gasteiger partial charge in [0.2, 0.25) is 0 Å². The average molecular weight is 453 g/mol. The zero-order chi connectivity index (χ0) is 18.7. The van der Waals surface area contributed by atoms with E-state index in [2.05, 4.69) is 50.4 Å². The Hall–Kier alpha value is -0.530. The Bertz CT molecular complexity index is 642. The molecule has 1 saturated carbocycles. The summed E-state index contributed by atoms with van der Waals surface area (Å²) in [5.74, 6) is -0.354. The molecule has 2 heterocycles. The summed E-state index contributed by atoms with van der Waals surface area (Å²) in [5.41, 5.74) is 2.37.